The summed E-state index contributed by atoms with van der Waals surface area (Å²) in [7, 11) is 0.889. The van der Waals surface area contributed by atoms with Crippen LogP contribution in [-0.4, -0.2) is 23.0 Å². The number of nitrogens with zero attached hydrogens (tertiary/aromatic N) is 1. The summed E-state index contributed by atoms with van der Waals surface area (Å²) in [5.74, 6) is -0.833. The van der Waals surface area contributed by atoms with E-state index in [1.54, 1.807) is 0 Å². The number of carbonyl (C=O) groups is 1. The van der Waals surface area contributed by atoms with Crippen molar-refractivity contribution in [2.24, 2.45) is 0 Å². The normalized spacial score (nSPS) is 6.25. The summed E-state index contributed by atoms with van der Waals surface area (Å²) in [4.78, 5) is 17.3. The van der Waals surface area contributed by atoms with Gasteiger partial charge in [0.1, 0.15) is 0 Å². The first-order chi connectivity index (χ1) is 3.46. The van der Waals surface area contributed by atoms with Gasteiger partial charge in [-0.15, -0.1) is 0 Å². The van der Waals surface area contributed by atoms with Gasteiger partial charge in [-0.3, -0.25) is 14.9 Å². The van der Waals surface area contributed by atoms with Gasteiger partial charge < -0.3 is 5.11 Å². The van der Waals surface area contributed by atoms with Crippen molar-refractivity contribution in [1.82, 2.24) is 0 Å². The van der Waals surface area contributed by atoms with Gasteiger partial charge in [-0.05, 0) is 0 Å². The molecular formula is C3H7NO4. The third-order valence-electron chi connectivity index (χ3n) is 0. The van der Waals surface area contributed by atoms with Gasteiger partial charge in [0.25, 0.3) is 5.97 Å². The SMILES string of the molecule is CC(=O)O.C[N+](=O)[O-]. The molecule has 0 aromatic carbocycles. The fraction of sp³-hybridized carbons (Fsp3) is 0.667. The van der Waals surface area contributed by atoms with Gasteiger partial charge in [0.15, 0.2) is 7.05 Å². The van der Waals surface area contributed by atoms with Crippen LogP contribution in [-0.2, 0) is 4.79 Å². The maximum Gasteiger partial charge on any atom is 0.300 e. The lowest BCUT2D eigenvalue weighted by Crippen LogP contribution is -1.79. The molecule has 48 valence electrons. The molecule has 0 rings (SSSR count). The minimum Gasteiger partial charge on any atom is -0.481 e. The average Bonchev–Trinajstić information content (AvgIpc) is 1.25. The highest BCUT2D eigenvalue weighted by molar-refractivity contribution is 5.62. The minimum atomic E-state index is -0.833. The third kappa shape index (κ3) is 57.1. The van der Waals surface area contributed by atoms with Crippen molar-refractivity contribution in [1.29, 1.82) is 0 Å². The van der Waals surface area contributed by atoms with E-state index in [1.807, 2.05) is 0 Å². The Morgan fingerprint density at radius 1 is 1.75 bits per heavy atom. The number of nitro groups is 1. The van der Waals surface area contributed by atoms with Gasteiger partial charge in [0.05, 0.1) is 0 Å². The Bertz CT molecular complexity index is 69.3. The molecule has 0 aliphatic heterocycles. The summed E-state index contributed by atoms with van der Waals surface area (Å²) in [6.07, 6.45) is 0. The standard InChI is InChI=1S/C2H4O2.CH3NO2/c2*1-2(3)4/h1H3,(H,3,4);1H3. The number of carboxylic acid groups (broad SMARTS) is 1. The molecule has 0 saturated heterocycles. The monoisotopic (exact) mass is 121 g/mol. The molecule has 0 atom stereocenters. The molecule has 0 radical (unpaired) electrons. The zero-order chi connectivity index (χ0) is 7.15. The van der Waals surface area contributed by atoms with Crippen molar-refractivity contribution in [2.45, 2.75) is 6.92 Å². The Balaban J connectivity index is 0. The van der Waals surface area contributed by atoms with Crippen molar-refractivity contribution in [3.63, 3.8) is 0 Å². The highest BCUT2D eigenvalue weighted by Crippen LogP contribution is 1.42. The zero-order valence-electron chi connectivity index (χ0n) is 4.62. The molecule has 0 heterocycles. The molecule has 0 aromatic rings. The molecule has 0 aromatic heterocycles. The van der Waals surface area contributed by atoms with Crippen LogP contribution in [0.2, 0.25) is 0 Å². The smallest absolute Gasteiger partial charge is 0.300 e. The topological polar surface area (TPSA) is 80.4 Å². The van der Waals surface area contributed by atoms with E-state index >= 15 is 0 Å². The van der Waals surface area contributed by atoms with Crippen LogP contribution < -0.4 is 0 Å². The Morgan fingerprint density at radius 2 is 1.75 bits per heavy atom. The highest BCUT2D eigenvalue weighted by atomic mass is 16.6. The average molecular weight is 121 g/mol. The first-order valence-corrected chi connectivity index (χ1v) is 1.74. The van der Waals surface area contributed by atoms with E-state index in [4.69, 9.17) is 20.0 Å². The van der Waals surface area contributed by atoms with E-state index in [2.05, 4.69) is 0 Å². The number of rotatable bonds is 0. The van der Waals surface area contributed by atoms with Crippen LogP contribution in [0.1, 0.15) is 6.92 Å². The summed E-state index contributed by atoms with van der Waals surface area (Å²) in [6, 6.07) is 0. The number of hydrogen-bond donors (Lipinski definition) is 1. The molecule has 0 spiro atoms. The van der Waals surface area contributed by atoms with Crippen LogP contribution in [0.5, 0.6) is 0 Å². The third-order valence-corrected chi connectivity index (χ3v) is 0. The lowest BCUT2D eigenvalue weighted by molar-refractivity contribution is -0.445. The fourth-order valence-electron chi connectivity index (χ4n) is 0. The predicted octanol–water partition coefficient (Wildman–Crippen LogP) is -0.0162. The largest absolute Gasteiger partial charge is 0.481 e. The van der Waals surface area contributed by atoms with E-state index in [0.29, 0.717) is 0 Å². The van der Waals surface area contributed by atoms with E-state index in [1.165, 1.54) is 0 Å². The van der Waals surface area contributed by atoms with Gasteiger partial charge in [-0.1, -0.05) is 0 Å². The van der Waals surface area contributed by atoms with Crippen molar-refractivity contribution in [2.75, 3.05) is 7.05 Å². The van der Waals surface area contributed by atoms with Crippen LogP contribution >= 0.6 is 0 Å². The predicted molar refractivity (Wildman–Crippen MR) is 26.2 cm³/mol. The molecule has 0 saturated carbocycles. The zero-order valence-corrected chi connectivity index (χ0v) is 4.62. The molecular weight excluding hydrogens is 114 g/mol. The van der Waals surface area contributed by atoms with E-state index < -0.39 is 10.9 Å². The Hall–Kier alpha value is -1.13. The van der Waals surface area contributed by atoms with Crippen LogP contribution in [0.15, 0.2) is 0 Å². The van der Waals surface area contributed by atoms with Gasteiger partial charge in [-0.25, -0.2) is 0 Å². The molecule has 0 unspecified atom stereocenters. The Kier molecular flexibility index (Phi) is 7.32. The van der Waals surface area contributed by atoms with Crippen molar-refractivity contribution < 1.29 is 14.8 Å². The second kappa shape index (κ2) is 5.87. The minimum absolute atomic E-state index is 0.500. The van der Waals surface area contributed by atoms with Crippen LogP contribution in [0.25, 0.3) is 0 Å². The summed E-state index contributed by atoms with van der Waals surface area (Å²) < 4.78 is 0. The van der Waals surface area contributed by atoms with E-state index in [9.17, 15) is 0 Å². The Morgan fingerprint density at radius 3 is 1.75 bits per heavy atom. The van der Waals surface area contributed by atoms with Crippen LogP contribution in [0.4, 0.5) is 0 Å². The number of hydrogen-bond acceptors (Lipinski definition) is 3. The van der Waals surface area contributed by atoms with Gasteiger partial charge in [0.2, 0.25) is 0 Å². The van der Waals surface area contributed by atoms with E-state index in [0.717, 1.165) is 14.0 Å². The maximum atomic E-state index is 9.00. The molecule has 5 heteroatoms. The number of aliphatic carboxylic acids is 1. The lowest BCUT2D eigenvalue weighted by Gasteiger charge is -1.63. The molecule has 8 heavy (non-hydrogen) atoms. The van der Waals surface area contributed by atoms with Gasteiger partial charge >= 0.3 is 0 Å². The van der Waals surface area contributed by atoms with Crippen molar-refractivity contribution in [3.05, 3.63) is 10.1 Å². The second-order valence-electron chi connectivity index (χ2n) is 0.959. The molecule has 0 bridgehead atoms. The highest BCUT2D eigenvalue weighted by Gasteiger charge is 1.65. The summed E-state index contributed by atoms with van der Waals surface area (Å²) in [5.41, 5.74) is 0. The molecule has 0 amide bonds. The Labute approximate surface area is 46.1 Å². The second-order valence-corrected chi connectivity index (χ2v) is 0.959. The molecule has 0 aliphatic carbocycles. The number of carboxylic acids is 1. The summed E-state index contributed by atoms with van der Waals surface area (Å²) >= 11 is 0. The van der Waals surface area contributed by atoms with E-state index in [-0.39, 0.29) is 0 Å². The molecule has 0 fully saturated rings. The quantitative estimate of drug-likeness (QED) is 0.361. The van der Waals surface area contributed by atoms with Crippen molar-refractivity contribution >= 4 is 5.97 Å². The van der Waals surface area contributed by atoms with Gasteiger partial charge in [0, 0.05) is 11.8 Å². The first-order valence-electron chi connectivity index (χ1n) is 1.74. The molecule has 1 N–H and O–H groups in total. The molecule has 5 nitrogen and oxygen atoms in total. The van der Waals surface area contributed by atoms with Crippen LogP contribution in [0, 0.1) is 10.1 Å². The molecule has 0 aliphatic rings. The maximum absolute atomic E-state index is 9.00. The van der Waals surface area contributed by atoms with Crippen molar-refractivity contribution in [3.8, 4) is 0 Å². The lowest BCUT2D eigenvalue weighted by atomic mass is 10.9. The summed E-state index contributed by atoms with van der Waals surface area (Å²) in [6.45, 7) is 1.08. The summed E-state index contributed by atoms with van der Waals surface area (Å²) in [5, 5.41) is 16.2. The van der Waals surface area contributed by atoms with Crippen LogP contribution in [0.3, 0.4) is 0 Å². The van der Waals surface area contributed by atoms with Gasteiger partial charge in [-0.2, -0.15) is 0 Å². The fourth-order valence-corrected chi connectivity index (χ4v) is 0. The first kappa shape index (κ1) is 9.98.